The molecule has 4 heteroatoms. The number of para-hydroxylation sites is 1. The predicted octanol–water partition coefficient (Wildman–Crippen LogP) is 10.7. The Morgan fingerprint density at radius 2 is 0.956 bits per heavy atom. The van der Waals surface area contributed by atoms with Crippen molar-refractivity contribution in [2.45, 2.75) is 0 Å². The van der Waals surface area contributed by atoms with Crippen molar-refractivity contribution in [1.29, 1.82) is 0 Å². The van der Waals surface area contributed by atoms with E-state index in [9.17, 15) is 0 Å². The van der Waals surface area contributed by atoms with Crippen LogP contribution in [0, 0.1) is 0 Å². The van der Waals surface area contributed by atoms with Gasteiger partial charge in [0.25, 0.3) is 0 Å². The van der Waals surface area contributed by atoms with Crippen LogP contribution in [0.2, 0.25) is 0 Å². The van der Waals surface area contributed by atoms with Crippen molar-refractivity contribution >= 4 is 43.5 Å². The quantitative estimate of drug-likeness (QED) is 0.193. The van der Waals surface area contributed by atoms with Gasteiger partial charge < -0.3 is 4.42 Å². The van der Waals surface area contributed by atoms with Crippen molar-refractivity contribution in [1.82, 2.24) is 15.0 Å². The van der Waals surface area contributed by atoms with Crippen LogP contribution in [0.4, 0.5) is 0 Å². The van der Waals surface area contributed by atoms with Crippen LogP contribution in [0.15, 0.2) is 156 Å². The molecule has 0 amide bonds. The molecule has 210 valence electrons. The molecule has 0 fully saturated rings. The van der Waals surface area contributed by atoms with Gasteiger partial charge in [0, 0.05) is 38.4 Å². The molecular formula is C41H25N3O. The zero-order valence-electron chi connectivity index (χ0n) is 34.3. The molecule has 0 radical (unpaired) electrons. The maximum Gasteiger partial charge on any atom is 0.164 e. The molecule has 0 spiro atoms. The van der Waals surface area contributed by atoms with E-state index in [0.717, 1.165) is 11.1 Å². The predicted molar refractivity (Wildman–Crippen MR) is 184 cm³/mol. The molecular weight excluding hydrogens is 550 g/mol. The second kappa shape index (κ2) is 10.2. The summed E-state index contributed by atoms with van der Waals surface area (Å²) < 4.78 is 103. The van der Waals surface area contributed by atoms with Crippen molar-refractivity contribution in [3.05, 3.63) is 151 Å². The summed E-state index contributed by atoms with van der Waals surface area (Å²) in [6.45, 7) is 0. The molecule has 0 aliphatic heterocycles. The van der Waals surface area contributed by atoms with Gasteiger partial charge >= 0.3 is 0 Å². The van der Waals surface area contributed by atoms with E-state index in [-0.39, 0.29) is 55.1 Å². The Kier molecular flexibility index (Phi) is 3.79. The molecule has 0 saturated carbocycles. The van der Waals surface area contributed by atoms with E-state index in [1.165, 1.54) is 0 Å². The average Bonchev–Trinajstić information content (AvgIpc) is 3.62. The SMILES string of the molecule is [2H]c1c([2H])c([2H])c2c(oc3c2c([2H])c([2H])c2c([2H])c([2H])c4c([2H])c([2H])c([2H])c([2H])c4c23)c1-c1ccc(-c2nc(-c3ccccc3)nc(-c3ccccc3)n2)cc1. The molecule has 0 N–H and O–H groups in total. The number of hydrogen-bond donors (Lipinski definition) is 0. The first kappa shape index (κ1) is 16.6. The highest BCUT2D eigenvalue weighted by atomic mass is 16.3. The third-order valence-corrected chi connectivity index (χ3v) is 7.68. The van der Waals surface area contributed by atoms with Crippen LogP contribution in [0.5, 0.6) is 0 Å². The highest BCUT2D eigenvalue weighted by molar-refractivity contribution is 6.23. The third-order valence-electron chi connectivity index (χ3n) is 7.68. The lowest BCUT2D eigenvalue weighted by molar-refractivity contribution is 0.674. The van der Waals surface area contributed by atoms with Crippen molar-refractivity contribution < 1.29 is 19.5 Å². The first-order chi connectivity index (χ1) is 26.9. The highest BCUT2D eigenvalue weighted by Crippen LogP contribution is 2.41. The summed E-state index contributed by atoms with van der Waals surface area (Å²) in [5.74, 6) is 1.33. The van der Waals surface area contributed by atoms with Crippen molar-refractivity contribution in [2.75, 3.05) is 0 Å². The van der Waals surface area contributed by atoms with Gasteiger partial charge in [-0.2, -0.15) is 0 Å². The molecule has 7 aromatic carbocycles. The smallest absolute Gasteiger partial charge is 0.164 e. The van der Waals surface area contributed by atoms with Crippen molar-refractivity contribution in [3.63, 3.8) is 0 Å². The number of nitrogens with zero attached hydrogens (tertiary/aromatic N) is 3. The molecule has 4 nitrogen and oxygen atoms in total. The Labute approximate surface area is 274 Å². The zero-order chi connectivity index (χ0) is 39.3. The Morgan fingerprint density at radius 1 is 0.422 bits per heavy atom. The van der Waals surface area contributed by atoms with E-state index in [4.69, 9.17) is 34.4 Å². The Morgan fingerprint density at radius 3 is 1.64 bits per heavy atom. The van der Waals surface area contributed by atoms with E-state index < -0.39 is 60.4 Å². The molecule has 0 saturated heterocycles. The normalized spacial score (nSPS) is 15.0. The molecule has 0 unspecified atom stereocenters. The number of fused-ring (bicyclic) bond motifs is 7. The summed E-state index contributed by atoms with van der Waals surface area (Å²) in [5.41, 5.74) is 2.55. The molecule has 0 aliphatic carbocycles. The first-order valence-electron chi connectivity index (χ1n) is 19.6. The summed E-state index contributed by atoms with van der Waals surface area (Å²) in [6.07, 6.45) is 0. The van der Waals surface area contributed by atoms with E-state index >= 15 is 0 Å². The third kappa shape index (κ3) is 4.27. The van der Waals surface area contributed by atoms with E-state index in [1.807, 2.05) is 60.7 Å². The summed E-state index contributed by atoms with van der Waals surface area (Å²) >= 11 is 0. The molecule has 45 heavy (non-hydrogen) atoms. The summed E-state index contributed by atoms with van der Waals surface area (Å²) in [4.78, 5) is 14.3. The lowest BCUT2D eigenvalue weighted by Gasteiger charge is -2.09. The van der Waals surface area contributed by atoms with Crippen molar-refractivity contribution in [2.24, 2.45) is 0 Å². The van der Waals surface area contributed by atoms with E-state index in [1.54, 1.807) is 24.3 Å². The average molecular weight is 587 g/mol. The lowest BCUT2D eigenvalue weighted by Crippen LogP contribution is -2.00. The second-order valence-electron chi connectivity index (χ2n) is 10.4. The maximum atomic E-state index is 9.04. The summed E-state index contributed by atoms with van der Waals surface area (Å²) in [6, 6.07) is 20.4. The lowest BCUT2D eigenvalue weighted by atomic mass is 9.98. The largest absolute Gasteiger partial charge is 0.455 e. The van der Waals surface area contributed by atoms with Crippen molar-refractivity contribution in [3.8, 4) is 45.3 Å². The standard InChI is InChI=1S/C41H25N3O/c1-3-11-29(12-4-1)39-42-40(30-13-5-2-6-14-30)44-41(43-39)31-22-19-27(20-23-31)33-16-9-17-34-35-25-24-28-21-18-26-10-7-8-15-32(26)36(28)38(35)45-37(33)34/h1-25H/i7D,8D,9D,10D,15D,16D,17D,18D,21D,24D,25D. The molecule has 9 aromatic rings. The van der Waals surface area contributed by atoms with Crippen LogP contribution in [-0.2, 0) is 0 Å². The van der Waals surface area contributed by atoms with Gasteiger partial charge in [-0.3, -0.25) is 0 Å². The van der Waals surface area contributed by atoms with Crippen LogP contribution in [0.25, 0.3) is 88.8 Å². The Balaban J connectivity index is 1.31. The molecule has 0 bridgehead atoms. The minimum atomic E-state index is -0.597. The molecule has 9 rings (SSSR count). The fraction of sp³-hybridized carbons (Fsp3) is 0. The van der Waals surface area contributed by atoms with Gasteiger partial charge in [-0.1, -0.05) is 145 Å². The topological polar surface area (TPSA) is 51.8 Å². The van der Waals surface area contributed by atoms with Crippen LogP contribution in [-0.4, -0.2) is 15.0 Å². The van der Waals surface area contributed by atoms with Gasteiger partial charge in [-0.25, -0.2) is 15.0 Å². The molecule has 2 heterocycles. The van der Waals surface area contributed by atoms with Gasteiger partial charge in [0.15, 0.2) is 17.5 Å². The number of hydrogen-bond acceptors (Lipinski definition) is 4. The van der Waals surface area contributed by atoms with Gasteiger partial charge in [0.1, 0.15) is 11.2 Å². The summed E-state index contributed by atoms with van der Waals surface area (Å²) in [7, 11) is 0. The fourth-order valence-electron chi connectivity index (χ4n) is 5.51. The zero-order valence-corrected chi connectivity index (χ0v) is 23.3. The Hall–Kier alpha value is -6.13. The second-order valence-corrected chi connectivity index (χ2v) is 10.4. The number of aromatic nitrogens is 3. The Bertz CT molecular complexity index is 3080. The number of benzene rings is 7. The van der Waals surface area contributed by atoms with Gasteiger partial charge in [-0.05, 0) is 27.8 Å². The maximum absolute atomic E-state index is 9.04. The van der Waals surface area contributed by atoms with Gasteiger partial charge in [0.2, 0.25) is 0 Å². The minimum absolute atomic E-state index is 0.0339. The first-order valence-corrected chi connectivity index (χ1v) is 14.1. The molecule has 2 aromatic heterocycles. The van der Waals surface area contributed by atoms with Crippen LogP contribution >= 0.6 is 0 Å². The van der Waals surface area contributed by atoms with Crippen LogP contribution < -0.4 is 0 Å². The fourth-order valence-corrected chi connectivity index (χ4v) is 5.51. The molecule has 0 atom stereocenters. The van der Waals surface area contributed by atoms with E-state index in [0.29, 0.717) is 28.6 Å². The molecule has 0 aliphatic rings. The van der Waals surface area contributed by atoms with Gasteiger partial charge in [-0.15, -0.1) is 0 Å². The minimum Gasteiger partial charge on any atom is -0.455 e. The van der Waals surface area contributed by atoms with Gasteiger partial charge in [0.05, 0.1) is 15.1 Å². The number of rotatable bonds is 4. The van der Waals surface area contributed by atoms with Crippen LogP contribution in [0.1, 0.15) is 15.1 Å². The summed E-state index contributed by atoms with van der Waals surface area (Å²) in [5, 5.41) is -0.833. The van der Waals surface area contributed by atoms with Crippen LogP contribution in [0.3, 0.4) is 0 Å². The monoisotopic (exact) mass is 586 g/mol. The van der Waals surface area contributed by atoms with E-state index in [2.05, 4.69) is 0 Å². The highest BCUT2D eigenvalue weighted by Gasteiger charge is 2.17. The number of furan rings is 1.